The predicted octanol–water partition coefficient (Wildman–Crippen LogP) is 4.71. The fourth-order valence-electron chi connectivity index (χ4n) is 1.76. The van der Waals surface area contributed by atoms with E-state index in [1.165, 1.54) is 0 Å². The lowest BCUT2D eigenvalue weighted by atomic mass is 10.2. The van der Waals surface area contributed by atoms with Gasteiger partial charge in [-0.25, -0.2) is 0 Å². The molecular weight excluding hydrogens is 309 g/mol. The molecule has 0 heterocycles. The van der Waals surface area contributed by atoms with Crippen molar-refractivity contribution >= 4 is 34.8 Å². The molecule has 0 aliphatic heterocycles. The molecule has 0 saturated heterocycles. The van der Waals surface area contributed by atoms with Gasteiger partial charge >= 0.3 is 0 Å². The molecule has 1 N–H and O–H groups in total. The van der Waals surface area contributed by atoms with Gasteiger partial charge in [0.1, 0.15) is 5.75 Å². The number of nitrogens with one attached hydrogen (secondary N) is 1. The van der Waals surface area contributed by atoms with Gasteiger partial charge in [0.15, 0.2) is 6.10 Å². The van der Waals surface area contributed by atoms with Gasteiger partial charge < -0.3 is 10.1 Å². The molecule has 2 aromatic rings. The minimum absolute atomic E-state index is 0.245. The highest BCUT2D eigenvalue weighted by atomic mass is 35.5. The van der Waals surface area contributed by atoms with E-state index in [-0.39, 0.29) is 5.91 Å². The number of carbonyl (C=O) groups excluding carboxylic acids is 1. The van der Waals surface area contributed by atoms with E-state index >= 15 is 0 Å². The van der Waals surface area contributed by atoms with Crippen molar-refractivity contribution in [3.05, 3.63) is 58.1 Å². The minimum Gasteiger partial charge on any atom is -0.481 e. The summed E-state index contributed by atoms with van der Waals surface area (Å²) in [5, 5.41) is 3.98. The number of halogens is 2. The third-order valence-electron chi connectivity index (χ3n) is 2.90. The fourth-order valence-corrected chi connectivity index (χ4v) is 2.07. The third kappa shape index (κ3) is 4.38. The first-order valence-corrected chi connectivity index (χ1v) is 7.20. The van der Waals surface area contributed by atoms with Crippen molar-refractivity contribution in [1.29, 1.82) is 0 Å². The van der Waals surface area contributed by atoms with Crippen LogP contribution in [0, 0.1) is 6.92 Å². The van der Waals surface area contributed by atoms with Gasteiger partial charge in [0.05, 0.1) is 0 Å². The average Bonchev–Trinajstić information content (AvgIpc) is 2.43. The van der Waals surface area contributed by atoms with Gasteiger partial charge in [-0.05, 0) is 55.8 Å². The van der Waals surface area contributed by atoms with E-state index in [2.05, 4.69) is 5.32 Å². The average molecular weight is 324 g/mol. The normalized spacial score (nSPS) is 11.8. The Morgan fingerprint density at radius 1 is 1.19 bits per heavy atom. The Balaban J connectivity index is 2.00. The molecule has 0 aliphatic rings. The Hall–Kier alpha value is -1.71. The maximum atomic E-state index is 12.1. The Kier molecular flexibility index (Phi) is 5.10. The van der Waals surface area contributed by atoms with Gasteiger partial charge in [0.2, 0.25) is 0 Å². The summed E-state index contributed by atoms with van der Waals surface area (Å²) in [7, 11) is 0. The van der Waals surface area contributed by atoms with E-state index in [4.69, 9.17) is 27.9 Å². The summed E-state index contributed by atoms with van der Waals surface area (Å²) in [5.41, 5.74) is 1.53. The van der Waals surface area contributed by atoms with Crippen molar-refractivity contribution in [2.24, 2.45) is 0 Å². The van der Waals surface area contributed by atoms with Crippen LogP contribution in [0.4, 0.5) is 5.69 Å². The van der Waals surface area contributed by atoms with E-state index in [1.807, 2.05) is 6.92 Å². The van der Waals surface area contributed by atoms with Crippen molar-refractivity contribution in [1.82, 2.24) is 0 Å². The monoisotopic (exact) mass is 323 g/mol. The quantitative estimate of drug-likeness (QED) is 0.885. The second-order valence-electron chi connectivity index (χ2n) is 4.67. The molecule has 2 rings (SSSR count). The number of hydrogen-bond donors (Lipinski definition) is 1. The van der Waals surface area contributed by atoms with E-state index in [9.17, 15) is 4.79 Å². The molecule has 1 amide bonds. The largest absolute Gasteiger partial charge is 0.481 e. The molecule has 3 nitrogen and oxygen atoms in total. The van der Waals surface area contributed by atoms with Crippen LogP contribution in [-0.4, -0.2) is 12.0 Å². The van der Waals surface area contributed by atoms with E-state index < -0.39 is 6.10 Å². The first-order valence-electron chi connectivity index (χ1n) is 6.45. The molecule has 1 atom stereocenters. The summed E-state index contributed by atoms with van der Waals surface area (Å²) >= 11 is 11.8. The molecule has 21 heavy (non-hydrogen) atoms. The predicted molar refractivity (Wildman–Crippen MR) is 86.4 cm³/mol. The highest BCUT2D eigenvalue weighted by Crippen LogP contribution is 2.22. The molecule has 0 spiro atoms. The number of aryl methyl sites for hydroxylation is 1. The highest BCUT2D eigenvalue weighted by Gasteiger charge is 2.15. The second-order valence-corrected chi connectivity index (χ2v) is 5.51. The molecule has 110 valence electrons. The van der Waals surface area contributed by atoms with E-state index in [1.54, 1.807) is 49.4 Å². The van der Waals surface area contributed by atoms with Crippen LogP contribution in [0.2, 0.25) is 10.0 Å². The van der Waals surface area contributed by atoms with Crippen LogP contribution in [-0.2, 0) is 4.79 Å². The van der Waals surface area contributed by atoms with Crippen molar-refractivity contribution < 1.29 is 9.53 Å². The van der Waals surface area contributed by atoms with E-state index in [0.29, 0.717) is 21.5 Å². The summed E-state index contributed by atoms with van der Waals surface area (Å²) in [4.78, 5) is 12.1. The zero-order valence-corrected chi connectivity index (χ0v) is 13.2. The lowest BCUT2D eigenvalue weighted by Crippen LogP contribution is -2.30. The zero-order valence-electron chi connectivity index (χ0n) is 11.7. The Bertz CT molecular complexity index is 658. The van der Waals surface area contributed by atoms with Gasteiger partial charge in [-0.15, -0.1) is 0 Å². The minimum atomic E-state index is -0.635. The van der Waals surface area contributed by atoms with Crippen molar-refractivity contribution in [2.75, 3.05) is 5.32 Å². The molecule has 0 aromatic heterocycles. The summed E-state index contributed by atoms with van der Waals surface area (Å²) < 4.78 is 5.61. The van der Waals surface area contributed by atoms with Gasteiger partial charge in [0, 0.05) is 15.7 Å². The number of anilines is 1. The topological polar surface area (TPSA) is 38.3 Å². The fraction of sp³-hybridized carbons (Fsp3) is 0.188. The molecule has 0 saturated carbocycles. The van der Waals surface area contributed by atoms with Crippen LogP contribution in [0.25, 0.3) is 0 Å². The van der Waals surface area contributed by atoms with Gasteiger partial charge in [-0.2, -0.15) is 0 Å². The van der Waals surface area contributed by atoms with Crippen molar-refractivity contribution in [3.63, 3.8) is 0 Å². The molecular formula is C16H15Cl2NO2. The zero-order chi connectivity index (χ0) is 15.4. The number of amides is 1. The number of carbonyl (C=O) groups is 1. The van der Waals surface area contributed by atoms with Crippen LogP contribution in [0.5, 0.6) is 5.75 Å². The lowest BCUT2D eigenvalue weighted by molar-refractivity contribution is -0.122. The molecule has 0 aliphatic carbocycles. The maximum Gasteiger partial charge on any atom is 0.265 e. The molecule has 0 bridgehead atoms. The first kappa shape index (κ1) is 15.7. The number of benzene rings is 2. The van der Waals surface area contributed by atoms with E-state index in [0.717, 1.165) is 5.56 Å². The number of rotatable bonds is 4. The van der Waals surface area contributed by atoms with Gasteiger partial charge in [0.25, 0.3) is 5.91 Å². The summed E-state index contributed by atoms with van der Waals surface area (Å²) in [5.74, 6) is 0.357. The first-order chi connectivity index (χ1) is 9.95. The van der Waals surface area contributed by atoms with Crippen LogP contribution in [0.1, 0.15) is 12.5 Å². The second kappa shape index (κ2) is 6.83. The number of hydrogen-bond acceptors (Lipinski definition) is 2. The Labute approximate surface area is 133 Å². The highest BCUT2D eigenvalue weighted by molar-refractivity contribution is 6.31. The van der Waals surface area contributed by atoms with Crippen LogP contribution in [0.3, 0.4) is 0 Å². The molecule has 5 heteroatoms. The summed E-state index contributed by atoms with van der Waals surface area (Å²) in [6.07, 6.45) is -0.635. The Morgan fingerprint density at radius 3 is 2.62 bits per heavy atom. The summed E-state index contributed by atoms with van der Waals surface area (Å²) in [6, 6.07) is 12.2. The third-order valence-corrected chi connectivity index (χ3v) is 3.56. The van der Waals surface area contributed by atoms with Gasteiger partial charge in [-0.1, -0.05) is 29.3 Å². The standard InChI is InChI=1S/C16H15Cl2NO2/c1-10-8-14(6-7-15(10)18)21-11(2)16(20)19-13-5-3-4-12(17)9-13/h3-9,11H,1-2H3,(H,19,20)/t11-/m0/s1. The maximum absolute atomic E-state index is 12.1. The molecule has 0 fully saturated rings. The smallest absolute Gasteiger partial charge is 0.265 e. The van der Waals surface area contributed by atoms with Crippen LogP contribution >= 0.6 is 23.2 Å². The number of ether oxygens (including phenoxy) is 1. The van der Waals surface area contributed by atoms with Crippen LogP contribution < -0.4 is 10.1 Å². The lowest BCUT2D eigenvalue weighted by Gasteiger charge is -2.15. The molecule has 0 unspecified atom stereocenters. The summed E-state index contributed by atoms with van der Waals surface area (Å²) in [6.45, 7) is 3.57. The van der Waals surface area contributed by atoms with Gasteiger partial charge in [-0.3, -0.25) is 4.79 Å². The SMILES string of the molecule is Cc1cc(O[C@@H](C)C(=O)Nc2cccc(Cl)c2)ccc1Cl. The van der Waals surface area contributed by atoms with Crippen molar-refractivity contribution in [2.45, 2.75) is 20.0 Å². The molecule has 0 radical (unpaired) electrons. The Morgan fingerprint density at radius 2 is 1.95 bits per heavy atom. The van der Waals surface area contributed by atoms with Crippen LogP contribution in [0.15, 0.2) is 42.5 Å². The molecule has 2 aromatic carbocycles. The van der Waals surface area contributed by atoms with Crippen molar-refractivity contribution in [3.8, 4) is 5.75 Å².